The summed E-state index contributed by atoms with van der Waals surface area (Å²) >= 11 is 0. The second-order valence-electron chi connectivity index (χ2n) is 7.30. The van der Waals surface area contributed by atoms with Crippen molar-refractivity contribution in [3.05, 3.63) is 29.8 Å². The van der Waals surface area contributed by atoms with E-state index in [0.717, 1.165) is 50.5 Å². The second-order valence-corrected chi connectivity index (χ2v) is 9.32. The number of hydrogen-bond donors (Lipinski definition) is 1. The Morgan fingerprint density at radius 2 is 1.68 bits per heavy atom. The standard InChI is InChI=1S/C19H27NO4S/c1-25(22,23)17-7-5-15(6-8-17)19(11-3-2-4-12-19)18(21)20-16-9-13-24-14-10-16/h5-8,16H,2-4,9-14H2,1H3,(H,20,21). The van der Waals surface area contributed by atoms with E-state index in [1.54, 1.807) is 12.1 Å². The topological polar surface area (TPSA) is 72.5 Å². The first-order valence-electron chi connectivity index (χ1n) is 9.11. The minimum absolute atomic E-state index is 0.0891. The van der Waals surface area contributed by atoms with Crippen LogP contribution in [0.1, 0.15) is 50.5 Å². The molecule has 1 amide bonds. The van der Waals surface area contributed by atoms with Gasteiger partial charge in [0.1, 0.15) is 0 Å². The molecule has 1 N–H and O–H groups in total. The molecule has 1 saturated carbocycles. The highest BCUT2D eigenvalue weighted by Crippen LogP contribution is 2.40. The molecule has 138 valence electrons. The van der Waals surface area contributed by atoms with Gasteiger partial charge in [-0.3, -0.25) is 4.79 Å². The molecular weight excluding hydrogens is 338 g/mol. The highest BCUT2D eigenvalue weighted by Gasteiger charge is 2.41. The number of amides is 1. The summed E-state index contributed by atoms with van der Waals surface area (Å²) in [4.78, 5) is 13.5. The van der Waals surface area contributed by atoms with Crippen molar-refractivity contribution in [2.75, 3.05) is 19.5 Å². The van der Waals surface area contributed by atoms with Gasteiger partial charge in [0.25, 0.3) is 0 Å². The molecule has 25 heavy (non-hydrogen) atoms. The fraction of sp³-hybridized carbons (Fsp3) is 0.632. The third kappa shape index (κ3) is 4.06. The number of hydrogen-bond acceptors (Lipinski definition) is 4. The van der Waals surface area contributed by atoms with Gasteiger partial charge in [-0.25, -0.2) is 8.42 Å². The van der Waals surface area contributed by atoms with Crippen molar-refractivity contribution in [2.24, 2.45) is 0 Å². The Kier molecular flexibility index (Phi) is 5.49. The van der Waals surface area contributed by atoms with Crippen LogP contribution in [0.15, 0.2) is 29.2 Å². The van der Waals surface area contributed by atoms with Gasteiger partial charge in [0, 0.05) is 25.5 Å². The van der Waals surface area contributed by atoms with Gasteiger partial charge in [0.15, 0.2) is 9.84 Å². The summed E-state index contributed by atoms with van der Waals surface area (Å²) in [5, 5.41) is 3.24. The van der Waals surface area contributed by atoms with Crippen LogP contribution in [0.3, 0.4) is 0 Å². The molecule has 1 aliphatic carbocycles. The second kappa shape index (κ2) is 7.46. The molecule has 6 heteroatoms. The van der Waals surface area contributed by atoms with Crippen LogP contribution in [-0.4, -0.2) is 39.8 Å². The Hall–Kier alpha value is -1.40. The van der Waals surface area contributed by atoms with Gasteiger partial charge in [-0.15, -0.1) is 0 Å². The molecule has 0 atom stereocenters. The zero-order valence-corrected chi connectivity index (χ0v) is 15.6. The van der Waals surface area contributed by atoms with Crippen LogP contribution in [-0.2, 0) is 24.8 Å². The molecule has 1 aromatic rings. The third-order valence-corrected chi connectivity index (χ3v) is 6.66. The number of carbonyl (C=O) groups is 1. The first kappa shape index (κ1) is 18.4. The Morgan fingerprint density at radius 1 is 1.08 bits per heavy atom. The zero-order valence-electron chi connectivity index (χ0n) is 14.8. The lowest BCUT2D eigenvalue weighted by Gasteiger charge is -2.38. The van der Waals surface area contributed by atoms with Gasteiger partial charge in [-0.1, -0.05) is 31.4 Å². The van der Waals surface area contributed by atoms with Crippen molar-refractivity contribution in [1.29, 1.82) is 0 Å². The average molecular weight is 365 g/mol. The van der Waals surface area contributed by atoms with Gasteiger partial charge in [0.05, 0.1) is 10.3 Å². The Morgan fingerprint density at radius 3 is 2.24 bits per heavy atom. The summed E-state index contributed by atoms with van der Waals surface area (Å²) < 4.78 is 28.8. The number of ether oxygens (including phenoxy) is 1. The van der Waals surface area contributed by atoms with Crippen molar-refractivity contribution in [3.63, 3.8) is 0 Å². The average Bonchev–Trinajstić information content (AvgIpc) is 2.62. The molecule has 2 aliphatic rings. The van der Waals surface area contributed by atoms with E-state index in [0.29, 0.717) is 18.1 Å². The van der Waals surface area contributed by atoms with E-state index in [4.69, 9.17) is 4.74 Å². The van der Waals surface area contributed by atoms with Gasteiger partial charge in [0.2, 0.25) is 5.91 Å². The molecule has 0 radical (unpaired) electrons. The largest absolute Gasteiger partial charge is 0.381 e. The summed E-state index contributed by atoms with van der Waals surface area (Å²) in [5.41, 5.74) is 0.399. The van der Waals surface area contributed by atoms with Crippen LogP contribution in [0.25, 0.3) is 0 Å². The van der Waals surface area contributed by atoms with Crippen molar-refractivity contribution < 1.29 is 17.9 Å². The summed E-state index contributed by atoms with van der Waals surface area (Å²) in [6, 6.07) is 7.08. The predicted octanol–water partition coefficient (Wildman–Crippen LogP) is 2.59. The maximum absolute atomic E-state index is 13.2. The van der Waals surface area contributed by atoms with Gasteiger partial charge in [-0.2, -0.15) is 0 Å². The van der Waals surface area contributed by atoms with E-state index in [2.05, 4.69) is 5.32 Å². The van der Waals surface area contributed by atoms with Gasteiger partial charge in [-0.05, 0) is 43.4 Å². The fourth-order valence-electron chi connectivity index (χ4n) is 3.99. The molecule has 1 heterocycles. The molecule has 3 rings (SSSR count). The van der Waals surface area contributed by atoms with Crippen molar-refractivity contribution >= 4 is 15.7 Å². The van der Waals surface area contributed by atoms with Gasteiger partial charge < -0.3 is 10.1 Å². The number of nitrogens with one attached hydrogen (secondary N) is 1. The molecule has 0 unspecified atom stereocenters. The maximum Gasteiger partial charge on any atom is 0.230 e. The van der Waals surface area contributed by atoms with Crippen LogP contribution < -0.4 is 5.32 Å². The summed E-state index contributed by atoms with van der Waals surface area (Å²) in [5.74, 6) is 0.0891. The van der Waals surface area contributed by atoms with E-state index in [1.165, 1.54) is 6.26 Å². The number of rotatable bonds is 4. The molecule has 5 nitrogen and oxygen atoms in total. The van der Waals surface area contributed by atoms with Crippen LogP contribution >= 0.6 is 0 Å². The van der Waals surface area contributed by atoms with Crippen LogP contribution in [0, 0.1) is 0 Å². The molecule has 0 spiro atoms. The van der Waals surface area contributed by atoms with Crippen molar-refractivity contribution in [1.82, 2.24) is 5.32 Å². The lowest BCUT2D eigenvalue weighted by atomic mass is 9.68. The van der Waals surface area contributed by atoms with E-state index in [9.17, 15) is 13.2 Å². The van der Waals surface area contributed by atoms with Crippen LogP contribution in [0.2, 0.25) is 0 Å². The van der Waals surface area contributed by atoms with Crippen LogP contribution in [0.4, 0.5) is 0 Å². The lowest BCUT2D eigenvalue weighted by molar-refractivity contribution is -0.129. The first-order chi connectivity index (χ1) is 11.9. The highest BCUT2D eigenvalue weighted by atomic mass is 32.2. The zero-order chi connectivity index (χ0) is 17.9. The van der Waals surface area contributed by atoms with Crippen molar-refractivity contribution in [3.8, 4) is 0 Å². The summed E-state index contributed by atoms with van der Waals surface area (Å²) in [6.45, 7) is 1.39. The van der Waals surface area contributed by atoms with E-state index >= 15 is 0 Å². The number of benzene rings is 1. The minimum Gasteiger partial charge on any atom is -0.381 e. The monoisotopic (exact) mass is 365 g/mol. The molecule has 0 aromatic heterocycles. The molecule has 1 aromatic carbocycles. The van der Waals surface area contributed by atoms with E-state index in [-0.39, 0.29) is 11.9 Å². The molecule has 1 aliphatic heterocycles. The predicted molar refractivity (Wildman–Crippen MR) is 96.3 cm³/mol. The third-order valence-electron chi connectivity index (χ3n) is 5.53. The fourth-order valence-corrected chi connectivity index (χ4v) is 4.62. The Bertz CT molecular complexity index is 699. The number of carbonyl (C=O) groups excluding carboxylic acids is 1. The smallest absolute Gasteiger partial charge is 0.230 e. The Balaban J connectivity index is 1.86. The summed E-state index contributed by atoms with van der Waals surface area (Å²) in [7, 11) is -3.23. The molecule has 1 saturated heterocycles. The van der Waals surface area contributed by atoms with Crippen LogP contribution in [0.5, 0.6) is 0 Å². The number of sulfone groups is 1. The summed E-state index contributed by atoms with van der Waals surface area (Å²) in [6.07, 6.45) is 7.75. The molecular formula is C19H27NO4S. The maximum atomic E-state index is 13.2. The minimum atomic E-state index is -3.23. The van der Waals surface area contributed by atoms with Gasteiger partial charge >= 0.3 is 0 Å². The van der Waals surface area contributed by atoms with E-state index in [1.807, 2.05) is 12.1 Å². The molecule has 2 fully saturated rings. The highest BCUT2D eigenvalue weighted by molar-refractivity contribution is 7.90. The lowest BCUT2D eigenvalue weighted by Crippen LogP contribution is -2.50. The van der Waals surface area contributed by atoms with E-state index < -0.39 is 15.3 Å². The quantitative estimate of drug-likeness (QED) is 0.890. The molecule has 0 bridgehead atoms. The van der Waals surface area contributed by atoms with Crippen molar-refractivity contribution in [2.45, 2.75) is 61.3 Å². The Labute approximate surface area is 150 Å². The first-order valence-corrected chi connectivity index (χ1v) is 11.0. The SMILES string of the molecule is CS(=O)(=O)c1ccc(C2(C(=O)NC3CCOCC3)CCCCC2)cc1. The normalized spacial score (nSPS) is 21.6.